The molecule has 2 fully saturated rings. The van der Waals surface area contributed by atoms with Crippen molar-refractivity contribution in [2.45, 2.75) is 38.6 Å². The van der Waals surface area contributed by atoms with Crippen molar-refractivity contribution >= 4 is 0 Å². The molecule has 1 saturated heterocycles. The van der Waals surface area contributed by atoms with Gasteiger partial charge in [-0.25, -0.2) is 0 Å². The molecule has 2 rings (SSSR count). The monoisotopic (exact) mass is 154 g/mol. The van der Waals surface area contributed by atoms with Gasteiger partial charge in [-0.15, -0.1) is 0 Å². The van der Waals surface area contributed by atoms with Crippen molar-refractivity contribution in [3.8, 4) is 0 Å². The van der Waals surface area contributed by atoms with Gasteiger partial charge in [0.05, 0.1) is 13.2 Å². The summed E-state index contributed by atoms with van der Waals surface area (Å²) in [6, 6.07) is 0.687. The number of rotatable bonds is 1. The topological polar surface area (TPSA) is 12.5 Å². The lowest BCUT2D eigenvalue weighted by atomic mass is 10.1. The molecule has 1 heterocycles. The second-order valence-electron chi connectivity index (χ2n) is 3.74. The fraction of sp³-hybridized carbons (Fsp3) is 0.889. The maximum absolute atomic E-state index is 5.46. The van der Waals surface area contributed by atoms with Gasteiger partial charge < -0.3 is 0 Å². The van der Waals surface area contributed by atoms with Crippen molar-refractivity contribution in [3.05, 3.63) is 6.54 Å². The predicted molar refractivity (Wildman–Crippen MR) is 43.5 cm³/mol. The zero-order chi connectivity index (χ0) is 7.68. The van der Waals surface area contributed by atoms with E-state index in [2.05, 4.69) is 18.5 Å². The quantitative estimate of drug-likeness (QED) is 0.572. The molecule has 0 spiro atoms. The molecule has 2 nitrogen and oxygen atoms in total. The first kappa shape index (κ1) is 7.56. The van der Waals surface area contributed by atoms with E-state index in [9.17, 15) is 0 Å². The molecule has 0 amide bonds. The molecule has 2 aliphatic rings. The van der Waals surface area contributed by atoms with Gasteiger partial charge in [0.15, 0.2) is 0 Å². The zero-order valence-corrected chi connectivity index (χ0v) is 7.12. The third-order valence-corrected chi connectivity index (χ3v) is 2.69. The summed E-state index contributed by atoms with van der Waals surface area (Å²) in [5, 5.41) is 2.09. The van der Waals surface area contributed by atoms with Crippen LogP contribution < -0.4 is 0 Å². The van der Waals surface area contributed by atoms with E-state index in [1.165, 1.54) is 19.3 Å². The van der Waals surface area contributed by atoms with Crippen molar-refractivity contribution < 1.29 is 4.84 Å². The normalized spacial score (nSPS) is 40.1. The van der Waals surface area contributed by atoms with Crippen LogP contribution in [0.25, 0.3) is 0 Å². The Labute approximate surface area is 68.5 Å². The van der Waals surface area contributed by atoms with Gasteiger partial charge in [-0.2, -0.15) is 5.06 Å². The van der Waals surface area contributed by atoms with Crippen LogP contribution in [0.2, 0.25) is 0 Å². The van der Waals surface area contributed by atoms with Crippen molar-refractivity contribution in [2.24, 2.45) is 5.92 Å². The molecule has 11 heavy (non-hydrogen) atoms. The Kier molecular flexibility index (Phi) is 2.14. The van der Waals surface area contributed by atoms with Gasteiger partial charge >= 0.3 is 0 Å². The first-order chi connectivity index (χ1) is 5.36. The molecule has 0 bridgehead atoms. The Morgan fingerprint density at radius 3 is 2.91 bits per heavy atom. The molecule has 0 N–H and O–H groups in total. The lowest BCUT2D eigenvalue weighted by molar-refractivity contribution is -0.124. The van der Waals surface area contributed by atoms with E-state index in [4.69, 9.17) is 4.84 Å². The first-order valence-electron chi connectivity index (χ1n) is 4.61. The number of nitrogens with zero attached hydrogens (tertiary/aromatic N) is 1. The molecule has 1 radical (unpaired) electrons. The summed E-state index contributed by atoms with van der Waals surface area (Å²) in [7, 11) is 0. The Balaban J connectivity index is 1.85. The van der Waals surface area contributed by atoms with E-state index < -0.39 is 0 Å². The SMILES string of the molecule is C[C@@H]1CC[C@H](N2[CH]CCO2)C1. The highest BCUT2D eigenvalue weighted by atomic mass is 16.7. The molecular weight excluding hydrogens is 138 g/mol. The number of hydrogen-bond acceptors (Lipinski definition) is 2. The Morgan fingerprint density at radius 2 is 2.36 bits per heavy atom. The summed E-state index contributed by atoms with van der Waals surface area (Å²) in [6.45, 7) is 5.42. The molecule has 1 aliphatic heterocycles. The molecule has 1 saturated carbocycles. The summed E-state index contributed by atoms with van der Waals surface area (Å²) in [6.07, 6.45) is 5.11. The van der Waals surface area contributed by atoms with E-state index in [0.29, 0.717) is 6.04 Å². The molecule has 63 valence electrons. The summed E-state index contributed by atoms with van der Waals surface area (Å²) in [5.74, 6) is 0.901. The van der Waals surface area contributed by atoms with Gasteiger partial charge in [0.1, 0.15) is 0 Å². The standard InChI is InChI=1S/C9H16NO/c1-8-3-4-9(7-8)10-5-2-6-11-10/h5,8-9H,2-4,6-7H2,1H3/t8-,9+/m1/s1. The molecule has 2 atom stereocenters. The maximum atomic E-state index is 5.46. The average Bonchev–Trinajstić information content (AvgIpc) is 2.55. The van der Waals surface area contributed by atoms with Gasteiger partial charge in [0, 0.05) is 6.04 Å². The Morgan fingerprint density at radius 1 is 1.45 bits per heavy atom. The average molecular weight is 154 g/mol. The maximum Gasteiger partial charge on any atom is 0.0701 e. The third-order valence-electron chi connectivity index (χ3n) is 2.69. The van der Waals surface area contributed by atoms with Crippen molar-refractivity contribution in [1.29, 1.82) is 0 Å². The molecular formula is C9H16NO. The number of hydrogen-bond donors (Lipinski definition) is 0. The molecule has 0 aromatic heterocycles. The molecule has 0 aromatic rings. The van der Waals surface area contributed by atoms with Crippen molar-refractivity contribution in [1.82, 2.24) is 5.06 Å². The Hall–Kier alpha value is -0.0800. The van der Waals surface area contributed by atoms with Crippen LogP contribution in [0.1, 0.15) is 32.6 Å². The zero-order valence-electron chi connectivity index (χ0n) is 7.12. The van der Waals surface area contributed by atoms with Crippen molar-refractivity contribution in [2.75, 3.05) is 6.61 Å². The molecule has 0 unspecified atom stereocenters. The minimum atomic E-state index is 0.687. The Bertz CT molecular complexity index is 132. The largest absolute Gasteiger partial charge is 0.298 e. The minimum Gasteiger partial charge on any atom is -0.298 e. The fourth-order valence-corrected chi connectivity index (χ4v) is 2.05. The second kappa shape index (κ2) is 3.11. The lowest BCUT2D eigenvalue weighted by Crippen LogP contribution is -2.26. The van der Waals surface area contributed by atoms with Gasteiger partial charge in [0.2, 0.25) is 0 Å². The van der Waals surface area contributed by atoms with Crippen molar-refractivity contribution in [3.63, 3.8) is 0 Å². The van der Waals surface area contributed by atoms with Crippen LogP contribution in [-0.4, -0.2) is 17.7 Å². The molecule has 2 heteroatoms. The highest BCUT2D eigenvalue weighted by molar-refractivity contribution is 4.82. The fourth-order valence-electron chi connectivity index (χ4n) is 2.05. The molecule has 0 aromatic carbocycles. The predicted octanol–water partition coefficient (Wildman–Crippen LogP) is 1.97. The number of hydroxylamine groups is 2. The lowest BCUT2D eigenvalue weighted by Gasteiger charge is -2.20. The van der Waals surface area contributed by atoms with Gasteiger partial charge in [-0.1, -0.05) is 6.92 Å². The first-order valence-corrected chi connectivity index (χ1v) is 4.61. The van der Waals surface area contributed by atoms with E-state index >= 15 is 0 Å². The van der Waals surface area contributed by atoms with Crippen LogP contribution in [0, 0.1) is 12.5 Å². The minimum absolute atomic E-state index is 0.687. The summed E-state index contributed by atoms with van der Waals surface area (Å²) in [4.78, 5) is 5.46. The highest BCUT2D eigenvalue weighted by Crippen LogP contribution is 2.31. The third kappa shape index (κ3) is 1.57. The highest BCUT2D eigenvalue weighted by Gasteiger charge is 2.29. The second-order valence-corrected chi connectivity index (χ2v) is 3.74. The van der Waals surface area contributed by atoms with Gasteiger partial charge in [-0.3, -0.25) is 4.84 Å². The molecule has 1 aliphatic carbocycles. The van der Waals surface area contributed by atoms with E-state index in [0.717, 1.165) is 18.9 Å². The van der Waals surface area contributed by atoms with Gasteiger partial charge in [-0.05, 0) is 31.6 Å². The van der Waals surface area contributed by atoms with E-state index in [1.54, 1.807) is 0 Å². The van der Waals surface area contributed by atoms with Crippen LogP contribution in [0.5, 0.6) is 0 Å². The van der Waals surface area contributed by atoms with Crippen LogP contribution in [0.3, 0.4) is 0 Å². The summed E-state index contributed by atoms with van der Waals surface area (Å²) >= 11 is 0. The van der Waals surface area contributed by atoms with Crippen LogP contribution in [0.4, 0.5) is 0 Å². The van der Waals surface area contributed by atoms with E-state index in [1.807, 2.05) is 0 Å². The smallest absolute Gasteiger partial charge is 0.0701 e. The summed E-state index contributed by atoms with van der Waals surface area (Å²) < 4.78 is 0. The van der Waals surface area contributed by atoms with E-state index in [-0.39, 0.29) is 0 Å². The van der Waals surface area contributed by atoms with Crippen LogP contribution >= 0.6 is 0 Å². The van der Waals surface area contributed by atoms with Gasteiger partial charge in [0.25, 0.3) is 0 Å². The van der Waals surface area contributed by atoms with Crippen LogP contribution in [0.15, 0.2) is 0 Å². The van der Waals surface area contributed by atoms with Crippen LogP contribution in [-0.2, 0) is 4.84 Å². The summed E-state index contributed by atoms with van der Waals surface area (Å²) in [5.41, 5.74) is 0.